The summed E-state index contributed by atoms with van der Waals surface area (Å²) >= 11 is 0. The van der Waals surface area contributed by atoms with Crippen molar-refractivity contribution in [3.63, 3.8) is 0 Å². The number of H-pyrrole nitrogens is 1. The number of aromatic nitrogens is 5. The number of rotatable bonds is 7. The van der Waals surface area contributed by atoms with Gasteiger partial charge in [-0.05, 0) is 25.1 Å². The Kier molecular flexibility index (Phi) is 4.75. The first-order valence-corrected chi connectivity index (χ1v) is 8.84. The van der Waals surface area contributed by atoms with Crippen LogP contribution in [0, 0.1) is 0 Å². The molecular weight excluding hydrogens is 324 g/mol. The molecular formula is C20H22N6. The first-order chi connectivity index (χ1) is 12.8. The van der Waals surface area contributed by atoms with Gasteiger partial charge in [0.2, 0.25) is 0 Å². The zero-order valence-electron chi connectivity index (χ0n) is 14.8. The molecule has 132 valence electrons. The molecule has 0 saturated carbocycles. The second-order valence-corrected chi connectivity index (χ2v) is 6.51. The third-order valence-electron chi connectivity index (χ3n) is 4.64. The normalized spacial score (nSPS) is 12.5. The van der Waals surface area contributed by atoms with Crippen LogP contribution in [0.5, 0.6) is 0 Å². The highest BCUT2D eigenvalue weighted by Gasteiger charge is 2.12. The van der Waals surface area contributed by atoms with E-state index < -0.39 is 0 Å². The molecule has 2 aromatic heterocycles. The Morgan fingerprint density at radius 2 is 1.85 bits per heavy atom. The van der Waals surface area contributed by atoms with Crippen molar-refractivity contribution in [2.75, 3.05) is 7.05 Å². The van der Waals surface area contributed by atoms with E-state index in [2.05, 4.69) is 56.2 Å². The molecule has 0 bridgehead atoms. The minimum atomic E-state index is 0.329. The number of benzene rings is 2. The van der Waals surface area contributed by atoms with Gasteiger partial charge in [-0.3, -0.25) is 5.10 Å². The maximum absolute atomic E-state index is 4.34. The quantitative estimate of drug-likeness (QED) is 0.539. The van der Waals surface area contributed by atoms with Crippen molar-refractivity contribution in [1.82, 2.24) is 30.5 Å². The molecule has 26 heavy (non-hydrogen) atoms. The van der Waals surface area contributed by atoms with Crippen LogP contribution in [-0.2, 0) is 19.4 Å². The second kappa shape index (κ2) is 7.49. The highest BCUT2D eigenvalue weighted by atomic mass is 15.4. The van der Waals surface area contributed by atoms with Gasteiger partial charge in [0, 0.05) is 24.0 Å². The Hall–Kier alpha value is -2.99. The lowest BCUT2D eigenvalue weighted by Crippen LogP contribution is -2.30. The Morgan fingerprint density at radius 1 is 1.04 bits per heavy atom. The molecule has 4 aromatic rings. The van der Waals surface area contributed by atoms with E-state index in [4.69, 9.17) is 0 Å². The van der Waals surface area contributed by atoms with Gasteiger partial charge < -0.3 is 5.32 Å². The lowest BCUT2D eigenvalue weighted by molar-refractivity contribution is 0.549. The number of nitrogens with zero attached hydrogens (tertiary/aromatic N) is 4. The smallest absolute Gasteiger partial charge is 0.0924 e. The van der Waals surface area contributed by atoms with Gasteiger partial charge in [0.25, 0.3) is 0 Å². The highest BCUT2D eigenvalue weighted by Crippen LogP contribution is 2.16. The highest BCUT2D eigenvalue weighted by molar-refractivity contribution is 5.81. The molecule has 6 nitrogen and oxygen atoms in total. The molecule has 0 saturated heterocycles. The van der Waals surface area contributed by atoms with Gasteiger partial charge in [-0.15, -0.1) is 5.10 Å². The van der Waals surface area contributed by atoms with Crippen LogP contribution in [0.1, 0.15) is 17.0 Å². The van der Waals surface area contributed by atoms with Crippen LogP contribution in [0.4, 0.5) is 0 Å². The summed E-state index contributed by atoms with van der Waals surface area (Å²) in [6, 6.07) is 18.9. The number of fused-ring (bicyclic) bond motifs is 1. The first-order valence-electron chi connectivity index (χ1n) is 8.84. The van der Waals surface area contributed by atoms with Gasteiger partial charge in [-0.2, -0.15) is 5.10 Å². The zero-order chi connectivity index (χ0) is 17.8. The third-order valence-corrected chi connectivity index (χ3v) is 4.64. The van der Waals surface area contributed by atoms with Crippen molar-refractivity contribution in [2.24, 2.45) is 0 Å². The maximum Gasteiger partial charge on any atom is 0.0924 e. The molecule has 1 atom stereocenters. The molecule has 2 heterocycles. The van der Waals surface area contributed by atoms with Crippen LogP contribution in [0.3, 0.4) is 0 Å². The molecule has 6 heteroatoms. The van der Waals surface area contributed by atoms with Gasteiger partial charge >= 0.3 is 0 Å². The van der Waals surface area contributed by atoms with E-state index in [0.29, 0.717) is 12.6 Å². The summed E-state index contributed by atoms with van der Waals surface area (Å²) in [5.74, 6) is 0. The summed E-state index contributed by atoms with van der Waals surface area (Å²) < 4.78 is 1.87. The largest absolute Gasteiger partial charge is 0.316 e. The second-order valence-electron chi connectivity index (χ2n) is 6.51. The average molecular weight is 346 g/mol. The Morgan fingerprint density at radius 3 is 2.69 bits per heavy atom. The molecule has 0 spiro atoms. The topological polar surface area (TPSA) is 71.4 Å². The number of para-hydroxylation sites is 1. The number of hydrogen-bond donors (Lipinski definition) is 2. The van der Waals surface area contributed by atoms with Crippen LogP contribution < -0.4 is 5.32 Å². The summed E-state index contributed by atoms with van der Waals surface area (Å²) in [5.41, 5.74) is 4.33. The lowest BCUT2D eigenvalue weighted by Gasteiger charge is -2.14. The van der Waals surface area contributed by atoms with Crippen LogP contribution in [-0.4, -0.2) is 38.3 Å². The maximum atomic E-state index is 4.34. The summed E-state index contributed by atoms with van der Waals surface area (Å²) in [6.07, 6.45) is 3.83. The van der Waals surface area contributed by atoms with Crippen LogP contribution in [0.25, 0.3) is 10.9 Å². The fraction of sp³-hybridized carbons (Fsp3) is 0.250. The molecule has 2 aromatic carbocycles. The number of hydrogen-bond acceptors (Lipinski definition) is 4. The molecule has 2 N–H and O–H groups in total. The fourth-order valence-corrected chi connectivity index (χ4v) is 3.23. The molecule has 1 unspecified atom stereocenters. The molecule has 0 aliphatic heterocycles. The van der Waals surface area contributed by atoms with Crippen molar-refractivity contribution in [3.05, 3.63) is 77.7 Å². The van der Waals surface area contributed by atoms with Crippen molar-refractivity contribution < 1.29 is 0 Å². The van der Waals surface area contributed by atoms with Crippen molar-refractivity contribution in [2.45, 2.75) is 25.4 Å². The van der Waals surface area contributed by atoms with E-state index in [1.54, 1.807) is 0 Å². The summed E-state index contributed by atoms with van der Waals surface area (Å²) in [7, 11) is 1.99. The minimum Gasteiger partial charge on any atom is -0.316 e. The molecule has 0 amide bonds. The van der Waals surface area contributed by atoms with Gasteiger partial charge in [0.1, 0.15) is 0 Å². The van der Waals surface area contributed by atoms with Gasteiger partial charge in [0.05, 0.1) is 23.4 Å². The minimum absolute atomic E-state index is 0.329. The van der Waals surface area contributed by atoms with E-state index in [0.717, 1.165) is 35.1 Å². The Bertz CT molecular complexity index is 972. The first kappa shape index (κ1) is 16.5. The Balaban J connectivity index is 1.44. The predicted octanol–water partition coefficient (Wildman–Crippen LogP) is 2.58. The molecule has 0 aliphatic rings. The Labute approximate surface area is 152 Å². The van der Waals surface area contributed by atoms with Crippen molar-refractivity contribution >= 4 is 10.9 Å². The van der Waals surface area contributed by atoms with Crippen LogP contribution in [0.2, 0.25) is 0 Å². The average Bonchev–Trinajstić information content (AvgIpc) is 3.30. The standard InChI is InChI=1S/C20H22N6/c1-21-16(11-15-7-3-2-4-8-15)12-17-13-26(25-22-17)14-20-18-9-5-6-10-19(18)23-24-20/h2-10,13,16,21H,11-12,14H2,1H3,(H,23,24). The lowest BCUT2D eigenvalue weighted by atomic mass is 10.0. The summed E-state index contributed by atoms with van der Waals surface area (Å²) in [6.45, 7) is 0.635. The molecule has 4 rings (SSSR count). The summed E-state index contributed by atoms with van der Waals surface area (Å²) in [4.78, 5) is 0. The summed E-state index contributed by atoms with van der Waals surface area (Å²) in [5, 5.41) is 20.6. The monoisotopic (exact) mass is 346 g/mol. The zero-order valence-corrected chi connectivity index (χ0v) is 14.8. The van der Waals surface area contributed by atoms with E-state index in [-0.39, 0.29) is 0 Å². The van der Waals surface area contributed by atoms with Crippen molar-refractivity contribution in [3.8, 4) is 0 Å². The van der Waals surface area contributed by atoms with E-state index in [1.165, 1.54) is 5.56 Å². The van der Waals surface area contributed by atoms with E-state index in [9.17, 15) is 0 Å². The molecule has 0 aliphatic carbocycles. The number of likely N-dealkylation sites (N-methyl/N-ethyl adjacent to an activating group) is 1. The van der Waals surface area contributed by atoms with E-state index in [1.807, 2.05) is 42.2 Å². The van der Waals surface area contributed by atoms with Crippen LogP contribution in [0.15, 0.2) is 60.8 Å². The van der Waals surface area contributed by atoms with E-state index >= 15 is 0 Å². The molecule has 0 radical (unpaired) electrons. The number of aromatic amines is 1. The fourth-order valence-electron chi connectivity index (χ4n) is 3.23. The third kappa shape index (κ3) is 3.65. The SMILES string of the molecule is CNC(Cc1ccccc1)Cc1cn(Cc2[nH]nc3ccccc23)nn1. The molecule has 0 fully saturated rings. The van der Waals surface area contributed by atoms with Gasteiger partial charge in [0.15, 0.2) is 0 Å². The van der Waals surface area contributed by atoms with Crippen LogP contribution >= 0.6 is 0 Å². The van der Waals surface area contributed by atoms with Gasteiger partial charge in [-0.25, -0.2) is 4.68 Å². The van der Waals surface area contributed by atoms with Gasteiger partial charge in [-0.1, -0.05) is 53.7 Å². The van der Waals surface area contributed by atoms with Crippen molar-refractivity contribution in [1.29, 1.82) is 0 Å². The predicted molar refractivity (Wildman–Crippen MR) is 102 cm³/mol. The number of nitrogens with one attached hydrogen (secondary N) is 2.